The molecule has 1 amide bonds. The fraction of sp³-hybridized carbons (Fsp3) is 0.444. The number of hydrogen-bond donors (Lipinski definition) is 1. The van der Waals surface area contributed by atoms with Gasteiger partial charge in [-0.15, -0.1) is 0 Å². The Morgan fingerprint density at radius 2 is 2.23 bits per heavy atom. The summed E-state index contributed by atoms with van der Waals surface area (Å²) in [4.78, 5) is 11.4. The zero-order valence-electron chi connectivity index (χ0n) is 8.09. The molecule has 0 fully saturated rings. The normalized spacial score (nSPS) is 9.77. The van der Waals surface area contributed by atoms with E-state index in [1.165, 1.54) is 0 Å². The van der Waals surface area contributed by atoms with Gasteiger partial charge in [0.2, 0.25) is 0 Å². The minimum atomic E-state index is -0.102. The molecule has 1 N–H and O–H groups in total. The van der Waals surface area contributed by atoms with Crippen molar-refractivity contribution in [1.29, 1.82) is 0 Å². The van der Waals surface area contributed by atoms with Crippen molar-refractivity contribution in [3.8, 4) is 0 Å². The first kappa shape index (κ1) is 9.64. The predicted molar refractivity (Wildman–Crippen MR) is 49.5 cm³/mol. The highest BCUT2D eigenvalue weighted by molar-refractivity contribution is 5.95. The van der Waals surface area contributed by atoms with E-state index < -0.39 is 0 Å². The first-order valence-electron chi connectivity index (χ1n) is 4.24. The minimum Gasteiger partial charge on any atom is -0.355 e. The molecule has 1 aromatic heterocycles. The topological polar surface area (TPSA) is 54.9 Å². The summed E-state index contributed by atoms with van der Waals surface area (Å²) in [7, 11) is 1.61. The van der Waals surface area contributed by atoms with E-state index in [4.69, 9.17) is 0 Å². The number of carbonyl (C=O) groups excluding carboxylic acids is 1. The van der Waals surface area contributed by atoms with Gasteiger partial charge in [0.05, 0.1) is 17.0 Å². The molecule has 0 saturated heterocycles. The first-order chi connectivity index (χ1) is 6.19. The quantitative estimate of drug-likeness (QED) is 0.727. The summed E-state index contributed by atoms with van der Waals surface area (Å²) in [5.41, 5.74) is 2.12. The van der Waals surface area contributed by atoms with Crippen molar-refractivity contribution in [2.24, 2.45) is 0 Å². The number of hydrogen-bond acceptors (Lipinski definition) is 3. The molecule has 0 atom stereocenters. The second kappa shape index (κ2) is 3.98. The Balaban J connectivity index is 3.15. The molecule has 4 heteroatoms. The van der Waals surface area contributed by atoms with Crippen molar-refractivity contribution in [3.05, 3.63) is 23.0 Å². The van der Waals surface area contributed by atoms with Gasteiger partial charge in [0, 0.05) is 7.05 Å². The summed E-state index contributed by atoms with van der Waals surface area (Å²) in [5, 5.41) is 10.4. The van der Waals surface area contributed by atoms with Crippen LogP contribution in [0.1, 0.15) is 28.7 Å². The van der Waals surface area contributed by atoms with Crippen LogP contribution in [0.15, 0.2) is 6.07 Å². The average molecular weight is 179 g/mol. The van der Waals surface area contributed by atoms with Crippen molar-refractivity contribution in [2.75, 3.05) is 7.05 Å². The molecule has 0 aromatic carbocycles. The fourth-order valence-corrected chi connectivity index (χ4v) is 1.11. The highest BCUT2D eigenvalue weighted by Gasteiger charge is 2.10. The molecule has 1 aromatic rings. The number of amides is 1. The lowest BCUT2D eigenvalue weighted by Crippen LogP contribution is -2.20. The van der Waals surface area contributed by atoms with E-state index in [2.05, 4.69) is 15.5 Å². The Hall–Kier alpha value is -1.45. The van der Waals surface area contributed by atoms with Gasteiger partial charge in [-0.1, -0.05) is 6.92 Å². The van der Waals surface area contributed by atoms with E-state index in [-0.39, 0.29) is 5.91 Å². The monoisotopic (exact) mass is 179 g/mol. The molecular formula is C9H13N3O. The van der Waals surface area contributed by atoms with Crippen LogP contribution >= 0.6 is 0 Å². The minimum absolute atomic E-state index is 0.102. The molecule has 1 rings (SSSR count). The number of nitrogens with zero attached hydrogens (tertiary/aromatic N) is 2. The lowest BCUT2D eigenvalue weighted by molar-refractivity contribution is 0.0961. The van der Waals surface area contributed by atoms with Crippen LogP contribution in [-0.4, -0.2) is 23.2 Å². The molecular weight excluding hydrogens is 166 g/mol. The molecule has 70 valence electrons. The lowest BCUT2D eigenvalue weighted by Gasteiger charge is -2.04. The third-order valence-corrected chi connectivity index (χ3v) is 1.80. The molecule has 0 aliphatic heterocycles. The van der Waals surface area contributed by atoms with Gasteiger partial charge < -0.3 is 5.32 Å². The van der Waals surface area contributed by atoms with E-state index in [0.29, 0.717) is 5.56 Å². The van der Waals surface area contributed by atoms with E-state index in [9.17, 15) is 4.79 Å². The molecule has 1 heterocycles. The van der Waals surface area contributed by atoms with E-state index >= 15 is 0 Å². The number of rotatable bonds is 2. The van der Waals surface area contributed by atoms with Crippen LogP contribution < -0.4 is 5.32 Å². The van der Waals surface area contributed by atoms with Crippen molar-refractivity contribution in [2.45, 2.75) is 20.3 Å². The Bertz CT molecular complexity index is 323. The molecule has 0 aliphatic rings. The molecule has 0 radical (unpaired) electrons. The molecule has 13 heavy (non-hydrogen) atoms. The van der Waals surface area contributed by atoms with Crippen LogP contribution in [0.4, 0.5) is 0 Å². The molecule has 4 nitrogen and oxygen atoms in total. The van der Waals surface area contributed by atoms with Gasteiger partial charge in [0.15, 0.2) is 0 Å². The zero-order chi connectivity index (χ0) is 9.84. The highest BCUT2D eigenvalue weighted by Crippen LogP contribution is 2.06. The maximum atomic E-state index is 11.4. The Morgan fingerprint density at radius 1 is 1.54 bits per heavy atom. The third-order valence-electron chi connectivity index (χ3n) is 1.80. The van der Waals surface area contributed by atoms with E-state index in [1.807, 2.05) is 13.8 Å². The predicted octanol–water partition coefficient (Wildman–Crippen LogP) is 0.707. The summed E-state index contributed by atoms with van der Waals surface area (Å²) >= 11 is 0. The summed E-state index contributed by atoms with van der Waals surface area (Å²) in [6, 6.07) is 1.75. The van der Waals surface area contributed by atoms with Crippen LogP contribution in [0.25, 0.3) is 0 Å². The summed E-state index contributed by atoms with van der Waals surface area (Å²) in [6.07, 6.45) is 0.718. The van der Waals surface area contributed by atoms with Crippen molar-refractivity contribution < 1.29 is 4.79 Å². The maximum Gasteiger partial charge on any atom is 0.253 e. The number of nitrogens with one attached hydrogen (secondary N) is 1. The number of aromatic nitrogens is 2. The number of carbonyl (C=O) groups is 1. The largest absolute Gasteiger partial charge is 0.355 e. The smallest absolute Gasteiger partial charge is 0.253 e. The lowest BCUT2D eigenvalue weighted by atomic mass is 10.1. The van der Waals surface area contributed by atoms with Crippen LogP contribution in [0.3, 0.4) is 0 Å². The summed E-state index contributed by atoms with van der Waals surface area (Å²) in [6.45, 7) is 3.77. The van der Waals surface area contributed by atoms with Gasteiger partial charge in [-0.2, -0.15) is 10.2 Å². The second-order valence-electron chi connectivity index (χ2n) is 2.78. The maximum absolute atomic E-state index is 11.4. The summed E-state index contributed by atoms with van der Waals surface area (Å²) in [5.74, 6) is -0.102. The van der Waals surface area contributed by atoms with Gasteiger partial charge in [0.25, 0.3) is 5.91 Å². The summed E-state index contributed by atoms with van der Waals surface area (Å²) < 4.78 is 0. The van der Waals surface area contributed by atoms with E-state index in [1.54, 1.807) is 13.1 Å². The zero-order valence-corrected chi connectivity index (χ0v) is 8.09. The van der Waals surface area contributed by atoms with Crippen molar-refractivity contribution in [1.82, 2.24) is 15.5 Å². The molecule has 0 saturated carbocycles. The van der Waals surface area contributed by atoms with Crippen LogP contribution in [0.2, 0.25) is 0 Å². The van der Waals surface area contributed by atoms with Crippen LogP contribution in [0, 0.1) is 6.92 Å². The molecule has 0 aliphatic carbocycles. The third kappa shape index (κ3) is 2.02. The van der Waals surface area contributed by atoms with Gasteiger partial charge in [0.1, 0.15) is 0 Å². The van der Waals surface area contributed by atoms with Crippen molar-refractivity contribution >= 4 is 5.91 Å². The Morgan fingerprint density at radius 3 is 2.77 bits per heavy atom. The van der Waals surface area contributed by atoms with Crippen molar-refractivity contribution in [3.63, 3.8) is 0 Å². The van der Waals surface area contributed by atoms with Gasteiger partial charge >= 0.3 is 0 Å². The Labute approximate surface area is 77.4 Å². The van der Waals surface area contributed by atoms with Gasteiger partial charge in [-0.25, -0.2) is 0 Å². The fourth-order valence-electron chi connectivity index (χ4n) is 1.11. The van der Waals surface area contributed by atoms with Gasteiger partial charge in [-0.05, 0) is 19.4 Å². The highest BCUT2D eigenvalue weighted by atomic mass is 16.1. The first-order valence-corrected chi connectivity index (χ1v) is 4.24. The second-order valence-corrected chi connectivity index (χ2v) is 2.78. The molecule has 0 spiro atoms. The standard InChI is InChI=1S/C9H13N3O/c1-4-8-7(9(13)10-3)5-6(2)11-12-8/h5H,4H2,1-3H3,(H,10,13). The average Bonchev–Trinajstić information content (AvgIpc) is 2.16. The van der Waals surface area contributed by atoms with E-state index in [0.717, 1.165) is 17.8 Å². The molecule has 0 bridgehead atoms. The number of aryl methyl sites for hydroxylation is 2. The van der Waals surface area contributed by atoms with Crippen LogP contribution in [0.5, 0.6) is 0 Å². The SMILES string of the molecule is CCc1nnc(C)cc1C(=O)NC. The Kier molecular flexibility index (Phi) is 2.95. The molecule has 0 unspecified atom stereocenters. The van der Waals surface area contributed by atoms with Crippen LogP contribution in [-0.2, 0) is 6.42 Å². The van der Waals surface area contributed by atoms with Gasteiger partial charge in [-0.3, -0.25) is 4.79 Å².